The van der Waals surface area contributed by atoms with Crippen LogP contribution in [-0.4, -0.2) is 37.7 Å². The average Bonchev–Trinajstić information content (AvgIpc) is 3.09. The van der Waals surface area contributed by atoms with Gasteiger partial charge in [0.05, 0.1) is 21.0 Å². The molecule has 1 aliphatic rings. The maximum absolute atomic E-state index is 10.8. The fraction of sp³-hybridized carbons (Fsp3) is 0.444. The lowest BCUT2D eigenvalue weighted by atomic mass is 9.95. The monoisotopic (exact) mass is 410 g/mol. The third-order valence-electron chi connectivity index (χ3n) is 4.87. The molecular formula is C18H20Cl2N4OS. The summed E-state index contributed by atoms with van der Waals surface area (Å²) in [7, 11) is 0. The fourth-order valence-electron chi connectivity index (χ4n) is 3.70. The molecule has 8 heteroatoms. The number of benzene rings is 1. The second-order valence-electron chi connectivity index (χ2n) is 6.96. The summed E-state index contributed by atoms with van der Waals surface area (Å²) in [5, 5.41) is 16.2. The van der Waals surface area contributed by atoms with Crippen LogP contribution in [-0.2, 0) is 0 Å². The minimum atomic E-state index is -0.0960. The summed E-state index contributed by atoms with van der Waals surface area (Å²) in [6, 6.07) is 5.60. The van der Waals surface area contributed by atoms with Gasteiger partial charge in [-0.1, -0.05) is 47.5 Å². The topological polar surface area (TPSA) is 53.7 Å². The van der Waals surface area contributed by atoms with Crippen molar-refractivity contribution >= 4 is 39.5 Å². The minimum Gasteiger partial charge on any atom is -0.492 e. The van der Waals surface area contributed by atoms with E-state index in [1.54, 1.807) is 0 Å². The van der Waals surface area contributed by atoms with E-state index in [1.165, 1.54) is 22.3 Å². The smallest absolute Gasteiger partial charge is 0.230 e. The Kier molecular flexibility index (Phi) is 4.86. The van der Waals surface area contributed by atoms with Gasteiger partial charge < -0.3 is 5.11 Å². The van der Waals surface area contributed by atoms with Gasteiger partial charge in [0.1, 0.15) is 5.82 Å². The number of rotatable bonds is 3. The van der Waals surface area contributed by atoms with E-state index < -0.39 is 0 Å². The molecule has 1 fully saturated rings. The first kappa shape index (κ1) is 18.0. The molecule has 3 heterocycles. The van der Waals surface area contributed by atoms with E-state index in [0.29, 0.717) is 26.7 Å². The molecular weight excluding hydrogens is 391 g/mol. The Morgan fingerprint density at radius 3 is 2.81 bits per heavy atom. The predicted octanol–water partition coefficient (Wildman–Crippen LogP) is 4.93. The van der Waals surface area contributed by atoms with E-state index in [2.05, 4.69) is 21.9 Å². The van der Waals surface area contributed by atoms with Gasteiger partial charge in [-0.05, 0) is 49.9 Å². The van der Waals surface area contributed by atoms with E-state index in [4.69, 9.17) is 23.2 Å². The fourth-order valence-corrected chi connectivity index (χ4v) is 5.17. The van der Waals surface area contributed by atoms with Gasteiger partial charge in [-0.3, -0.25) is 4.90 Å². The largest absolute Gasteiger partial charge is 0.492 e. The number of hydrogen-bond acceptors (Lipinski definition) is 5. The molecule has 0 aliphatic carbocycles. The predicted molar refractivity (Wildman–Crippen MR) is 106 cm³/mol. The molecule has 2 aromatic heterocycles. The SMILES string of the molecule is Cc1nc2sc([C@@H](c3ccc(Cl)c(Cl)c3)N3CCC[C@H](C)C3)c(O)n2n1. The molecule has 138 valence electrons. The van der Waals surface area contributed by atoms with Gasteiger partial charge in [0.25, 0.3) is 0 Å². The van der Waals surface area contributed by atoms with Gasteiger partial charge in [0.15, 0.2) is 0 Å². The van der Waals surface area contributed by atoms with Crippen LogP contribution in [0.5, 0.6) is 5.88 Å². The first-order valence-corrected chi connectivity index (χ1v) is 10.3. The maximum atomic E-state index is 10.8. The van der Waals surface area contributed by atoms with E-state index in [-0.39, 0.29) is 11.9 Å². The lowest BCUT2D eigenvalue weighted by molar-refractivity contribution is 0.149. The van der Waals surface area contributed by atoms with Crippen LogP contribution in [0.2, 0.25) is 10.0 Å². The summed E-state index contributed by atoms with van der Waals surface area (Å²) < 4.78 is 1.52. The Bertz CT molecular complexity index is 954. The Morgan fingerprint density at radius 2 is 2.12 bits per heavy atom. The Morgan fingerprint density at radius 1 is 1.31 bits per heavy atom. The third kappa shape index (κ3) is 3.20. The molecule has 4 rings (SSSR count). The molecule has 0 bridgehead atoms. The Balaban J connectivity index is 1.84. The van der Waals surface area contributed by atoms with E-state index in [9.17, 15) is 5.11 Å². The van der Waals surface area contributed by atoms with Crippen LogP contribution in [0, 0.1) is 12.8 Å². The second-order valence-corrected chi connectivity index (χ2v) is 8.79. The van der Waals surface area contributed by atoms with Crippen molar-refractivity contribution in [3.63, 3.8) is 0 Å². The molecule has 0 amide bonds. The quantitative estimate of drug-likeness (QED) is 0.664. The number of piperidine rings is 1. The van der Waals surface area contributed by atoms with Crippen molar-refractivity contribution in [2.75, 3.05) is 13.1 Å². The minimum absolute atomic E-state index is 0.0960. The van der Waals surface area contributed by atoms with Crippen molar-refractivity contribution in [2.24, 2.45) is 5.92 Å². The van der Waals surface area contributed by atoms with E-state index in [1.807, 2.05) is 25.1 Å². The number of aryl methyl sites for hydroxylation is 1. The van der Waals surface area contributed by atoms with Gasteiger partial charge >= 0.3 is 0 Å². The van der Waals surface area contributed by atoms with Crippen LogP contribution in [0.25, 0.3) is 4.96 Å². The second kappa shape index (κ2) is 7.00. The Labute approximate surface area is 166 Å². The standard InChI is InChI=1S/C18H20Cl2N4OS/c1-10-4-3-7-23(9-10)15(12-5-6-13(19)14(20)8-12)16-17(25)24-18(26-16)21-11(2)22-24/h5-6,8,10,15,25H,3-4,7,9H2,1-2H3/t10-,15+/m0/s1. The van der Waals surface area contributed by atoms with Crippen molar-refractivity contribution in [3.8, 4) is 5.88 Å². The molecule has 0 radical (unpaired) electrons. The highest BCUT2D eigenvalue weighted by atomic mass is 35.5. The first-order valence-electron chi connectivity index (χ1n) is 8.68. The number of hydrogen-bond donors (Lipinski definition) is 1. The summed E-state index contributed by atoms with van der Waals surface area (Å²) in [6.07, 6.45) is 2.37. The molecule has 0 saturated carbocycles. The third-order valence-corrected chi connectivity index (χ3v) is 6.68. The summed E-state index contributed by atoms with van der Waals surface area (Å²) in [6.45, 7) is 6.03. The van der Waals surface area contributed by atoms with Crippen molar-refractivity contribution in [1.82, 2.24) is 19.5 Å². The molecule has 0 spiro atoms. The molecule has 5 nitrogen and oxygen atoms in total. The molecule has 1 aromatic carbocycles. The lowest BCUT2D eigenvalue weighted by Gasteiger charge is -2.37. The van der Waals surface area contributed by atoms with Crippen molar-refractivity contribution in [1.29, 1.82) is 0 Å². The number of nitrogens with zero attached hydrogens (tertiary/aromatic N) is 4. The zero-order chi connectivity index (χ0) is 18.4. The number of aromatic nitrogens is 3. The normalized spacial score (nSPS) is 19.9. The molecule has 0 unspecified atom stereocenters. The van der Waals surface area contributed by atoms with Crippen molar-refractivity contribution in [2.45, 2.75) is 32.7 Å². The molecule has 1 N–H and O–H groups in total. The van der Waals surface area contributed by atoms with E-state index in [0.717, 1.165) is 30.0 Å². The molecule has 2 atom stereocenters. The molecule has 1 saturated heterocycles. The van der Waals surface area contributed by atoms with Crippen LogP contribution >= 0.6 is 34.5 Å². The zero-order valence-electron chi connectivity index (χ0n) is 14.6. The van der Waals surface area contributed by atoms with Crippen LogP contribution in [0.3, 0.4) is 0 Å². The van der Waals surface area contributed by atoms with Crippen molar-refractivity contribution in [3.05, 3.63) is 44.5 Å². The van der Waals surface area contributed by atoms with Gasteiger partial charge in [-0.25, -0.2) is 4.98 Å². The van der Waals surface area contributed by atoms with Gasteiger partial charge in [0, 0.05) is 6.54 Å². The summed E-state index contributed by atoms with van der Waals surface area (Å²) >= 11 is 13.9. The zero-order valence-corrected chi connectivity index (χ0v) is 16.9. The highest BCUT2D eigenvalue weighted by molar-refractivity contribution is 7.17. The highest BCUT2D eigenvalue weighted by Gasteiger charge is 2.32. The van der Waals surface area contributed by atoms with Crippen LogP contribution in [0.4, 0.5) is 0 Å². The summed E-state index contributed by atoms with van der Waals surface area (Å²) in [4.78, 5) is 8.35. The summed E-state index contributed by atoms with van der Waals surface area (Å²) in [5.74, 6) is 1.41. The summed E-state index contributed by atoms with van der Waals surface area (Å²) in [5.41, 5.74) is 1.02. The van der Waals surface area contributed by atoms with Crippen LogP contribution in [0.1, 0.15) is 42.1 Å². The molecule has 26 heavy (non-hydrogen) atoms. The number of likely N-dealkylation sites (tertiary alicyclic amines) is 1. The number of halogens is 2. The van der Waals surface area contributed by atoms with Gasteiger partial charge in [-0.2, -0.15) is 4.52 Å². The lowest BCUT2D eigenvalue weighted by Crippen LogP contribution is -2.37. The van der Waals surface area contributed by atoms with Crippen LogP contribution in [0.15, 0.2) is 18.2 Å². The first-order chi connectivity index (χ1) is 12.4. The number of thiazole rings is 1. The van der Waals surface area contributed by atoms with Gasteiger partial charge in [0.2, 0.25) is 10.8 Å². The number of aromatic hydroxyl groups is 1. The van der Waals surface area contributed by atoms with E-state index >= 15 is 0 Å². The van der Waals surface area contributed by atoms with Crippen molar-refractivity contribution < 1.29 is 5.11 Å². The average molecular weight is 411 g/mol. The molecule has 3 aromatic rings. The Hall–Kier alpha value is -1.34. The number of fused-ring (bicyclic) bond motifs is 1. The van der Waals surface area contributed by atoms with Gasteiger partial charge in [-0.15, -0.1) is 5.10 Å². The maximum Gasteiger partial charge on any atom is 0.230 e. The van der Waals surface area contributed by atoms with Crippen LogP contribution < -0.4 is 0 Å². The molecule has 1 aliphatic heterocycles. The highest BCUT2D eigenvalue weighted by Crippen LogP contribution is 2.42.